The predicted molar refractivity (Wildman–Crippen MR) is 66.9 cm³/mol. The van der Waals surface area contributed by atoms with Gasteiger partial charge in [0.1, 0.15) is 5.75 Å². The first kappa shape index (κ1) is 13.3. The third-order valence-corrected chi connectivity index (χ3v) is 2.70. The summed E-state index contributed by atoms with van der Waals surface area (Å²) in [5, 5.41) is 9.75. The van der Waals surface area contributed by atoms with Crippen molar-refractivity contribution in [2.24, 2.45) is 5.41 Å². The molecule has 0 saturated heterocycles. The number of hydrogen-bond acceptors (Lipinski definition) is 2. The molecule has 1 N–H and O–H groups in total. The van der Waals surface area contributed by atoms with Crippen molar-refractivity contribution < 1.29 is 9.84 Å². The molecule has 0 unspecified atom stereocenters. The molecule has 0 aromatic heterocycles. The molecule has 0 bridgehead atoms. The van der Waals surface area contributed by atoms with Crippen LogP contribution in [0.2, 0.25) is 5.02 Å². The summed E-state index contributed by atoms with van der Waals surface area (Å²) < 4.78 is 5.64. The summed E-state index contributed by atoms with van der Waals surface area (Å²) in [4.78, 5) is 0. The van der Waals surface area contributed by atoms with Crippen LogP contribution >= 0.6 is 11.6 Å². The average Bonchev–Trinajstić information content (AvgIpc) is 2.16. The smallest absolute Gasteiger partial charge is 0.126 e. The molecule has 0 spiro atoms. The first-order valence-corrected chi connectivity index (χ1v) is 5.83. The lowest BCUT2D eigenvalue weighted by Crippen LogP contribution is -2.11. The Bertz CT molecular complexity index is 342. The summed E-state index contributed by atoms with van der Waals surface area (Å²) >= 11 is 5.96. The molecular weight excluding hydrogens is 224 g/mol. The van der Waals surface area contributed by atoms with Crippen molar-refractivity contribution in [3.8, 4) is 5.75 Å². The summed E-state index contributed by atoms with van der Waals surface area (Å²) in [6.07, 6.45) is 0.963. The molecule has 0 aliphatic heterocycles. The zero-order valence-electron chi connectivity index (χ0n) is 10.1. The molecule has 16 heavy (non-hydrogen) atoms. The molecule has 0 amide bonds. The highest BCUT2D eigenvalue weighted by Gasteiger charge is 2.11. The van der Waals surface area contributed by atoms with E-state index in [1.807, 2.05) is 12.1 Å². The number of hydrogen-bond donors (Lipinski definition) is 1. The highest BCUT2D eigenvalue weighted by Crippen LogP contribution is 2.27. The van der Waals surface area contributed by atoms with Gasteiger partial charge in [-0.1, -0.05) is 38.4 Å². The van der Waals surface area contributed by atoms with E-state index in [-0.39, 0.29) is 12.0 Å². The van der Waals surface area contributed by atoms with Crippen molar-refractivity contribution in [3.05, 3.63) is 28.8 Å². The third kappa shape index (κ3) is 4.03. The number of aliphatic hydroxyl groups excluding tert-OH is 1. The molecule has 2 nitrogen and oxygen atoms in total. The number of benzene rings is 1. The van der Waals surface area contributed by atoms with Crippen molar-refractivity contribution in [1.29, 1.82) is 0 Å². The lowest BCUT2D eigenvalue weighted by atomic mass is 9.93. The van der Waals surface area contributed by atoms with Gasteiger partial charge in [-0.15, -0.1) is 0 Å². The monoisotopic (exact) mass is 242 g/mol. The van der Waals surface area contributed by atoms with E-state index in [0.29, 0.717) is 22.9 Å². The second-order valence-corrected chi connectivity index (χ2v) is 5.44. The third-order valence-electron chi connectivity index (χ3n) is 2.34. The fourth-order valence-electron chi connectivity index (χ4n) is 1.29. The molecular formula is C13H19ClO2. The zero-order valence-corrected chi connectivity index (χ0v) is 10.8. The summed E-state index contributed by atoms with van der Waals surface area (Å²) in [7, 11) is 0. The Kier molecular flexibility index (Phi) is 4.63. The minimum absolute atomic E-state index is 0.0927. The van der Waals surface area contributed by atoms with Crippen LogP contribution in [-0.2, 0) is 6.61 Å². The van der Waals surface area contributed by atoms with Crippen LogP contribution < -0.4 is 4.74 Å². The Hall–Kier alpha value is -0.730. The van der Waals surface area contributed by atoms with Crippen LogP contribution in [0.1, 0.15) is 32.8 Å². The number of ether oxygens (including phenoxy) is 1. The largest absolute Gasteiger partial charge is 0.493 e. The Balaban J connectivity index is 2.64. The van der Waals surface area contributed by atoms with Crippen LogP contribution in [-0.4, -0.2) is 11.7 Å². The second kappa shape index (κ2) is 5.55. The van der Waals surface area contributed by atoms with E-state index in [2.05, 4.69) is 20.8 Å². The minimum Gasteiger partial charge on any atom is -0.493 e. The number of halogens is 1. The fraction of sp³-hybridized carbons (Fsp3) is 0.538. The molecule has 90 valence electrons. The molecule has 0 fully saturated rings. The van der Waals surface area contributed by atoms with Crippen LogP contribution in [0.15, 0.2) is 18.2 Å². The summed E-state index contributed by atoms with van der Waals surface area (Å²) in [5.41, 5.74) is 0.913. The van der Waals surface area contributed by atoms with Gasteiger partial charge in [-0.05, 0) is 24.0 Å². The van der Waals surface area contributed by atoms with Gasteiger partial charge < -0.3 is 9.84 Å². The van der Waals surface area contributed by atoms with Gasteiger partial charge in [-0.2, -0.15) is 0 Å². The summed E-state index contributed by atoms with van der Waals surface area (Å²) in [6.45, 7) is 7.05. The summed E-state index contributed by atoms with van der Waals surface area (Å²) in [6, 6.07) is 5.41. The highest BCUT2D eigenvalue weighted by molar-refractivity contribution is 6.31. The van der Waals surface area contributed by atoms with Crippen LogP contribution in [0.5, 0.6) is 5.75 Å². The van der Waals surface area contributed by atoms with Gasteiger partial charge in [-0.3, -0.25) is 0 Å². The normalized spacial score (nSPS) is 11.6. The molecule has 0 aliphatic rings. The van der Waals surface area contributed by atoms with E-state index in [4.69, 9.17) is 16.3 Å². The van der Waals surface area contributed by atoms with E-state index in [1.54, 1.807) is 6.07 Å². The highest BCUT2D eigenvalue weighted by atomic mass is 35.5. The molecule has 0 aliphatic carbocycles. The topological polar surface area (TPSA) is 29.5 Å². The molecule has 1 rings (SSSR count). The standard InChI is InChI=1S/C13H19ClO2/c1-13(2,3)7-8-16-12-6-4-5-11(14)10(12)9-15/h4-6,15H,7-9H2,1-3H3. The van der Waals surface area contributed by atoms with E-state index in [0.717, 1.165) is 6.42 Å². The average molecular weight is 243 g/mol. The van der Waals surface area contributed by atoms with Gasteiger partial charge in [0.15, 0.2) is 0 Å². The molecule has 1 aromatic rings. The number of aliphatic hydroxyl groups is 1. The van der Waals surface area contributed by atoms with Crippen LogP contribution in [0, 0.1) is 5.41 Å². The zero-order chi connectivity index (χ0) is 12.2. The lowest BCUT2D eigenvalue weighted by Gasteiger charge is -2.19. The second-order valence-electron chi connectivity index (χ2n) is 5.03. The fourth-order valence-corrected chi connectivity index (χ4v) is 1.52. The predicted octanol–water partition coefficient (Wildman–Crippen LogP) is 3.65. The Morgan fingerprint density at radius 1 is 1.31 bits per heavy atom. The Morgan fingerprint density at radius 2 is 2.00 bits per heavy atom. The van der Waals surface area contributed by atoms with Gasteiger partial charge in [-0.25, -0.2) is 0 Å². The van der Waals surface area contributed by atoms with E-state index in [9.17, 15) is 5.11 Å². The Labute approximate surface area is 102 Å². The minimum atomic E-state index is -0.0927. The quantitative estimate of drug-likeness (QED) is 0.874. The maximum atomic E-state index is 9.19. The maximum Gasteiger partial charge on any atom is 0.126 e. The lowest BCUT2D eigenvalue weighted by molar-refractivity contribution is 0.230. The van der Waals surface area contributed by atoms with Crippen molar-refractivity contribution in [2.75, 3.05) is 6.61 Å². The van der Waals surface area contributed by atoms with Gasteiger partial charge in [0.25, 0.3) is 0 Å². The van der Waals surface area contributed by atoms with Gasteiger partial charge in [0, 0.05) is 10.6 Å². The van der Waals surface area contributed by atoms with Crippen LogP contribution in [0.4, 0.5) is 0 Å². The first-order chi connectivity index (χ1) is 7.44. The molecule has 0 saturated carbocycles. The van der Waals surface area contributed by atoms with Gasteiger partial charge in [0.05, 0.1) is 13.2 Å². The molecule has 3 heteroatoms. The first-order valence-electron chi connectivity index (χ1n) is 5.45. The number of rotatable bonds is 4. The maximum absolute atomic E-state index is 9.19. The van der Waals surface area contributed by atoms with Crippen molar-refractivity contribution in [3.63, 3.8) is 0 Å². The van der Waals surface area contributed by atoms with Crippen molar-refractivity contribution in [2.45, 2.75) is 33.8 Å². The van der Waals surface area contributed by atoms with Crippen molar-refractivity contribution >= 4 is 11.6 Å². The molecule has 1 aromatic carbocycles. The summed E-state index contributed by atoms with van der Waals surface area (Å²) in [5.74, 6) is 0.680. The van der Waals surface area contributed by atoms with Gasteiger partial charge in [0.2, 0.25) is 0 Å². The van der Waals surface area contributed by atoms with E-state index in [1.165, 1.54) is 0 Å². The Morgan fingerprint density at radius 3 is 2.56 bits per heavy atom. The van der Waals surface area contributed by atoms with E-state index < -0.39 is 0 Å². The van der Waals surface area contributed by atoms with Gasteiger partial charge >= 0.3 is 0 Å². The molecule has 0 atom stereocenters. The van der Waals surface area contributed by atoms with Crippen LogP contribution in [0.3, 0.4) is 0 Å². The SMILES string of the molecule is CC(C)(C)CCOc1cccc(Cl)c1CO. The molecule has 0 radical (unpaired) electrons. The van der Waals surface area contributed by atoms with Crippen LogP contribution in [0.25, 0.3) is 0 Å². The van der Waals surface area contributed by atoms with E-state index >= 15 is 0 Å². The van der Waals surface area contributed by atoms with Crippen molar-refractivity contribution in [1.82, 2.24) is 0 Å². The molecule has 0 heterocycles.